The molecule has 2 atom stereocenters. The van der Waals surface area contributed by atoms with Gasteiger partial charge in [-0.15, -0.1) is 0 Å². The zero-order valence-electron chi connectivity index (χ0n) is 11.1. The van der Waals surface area contributed by atoms with Gasteiger partial charge in [0.25, 0.3) is 0 Å². The molecule has 6 heteroatoms. The Balaban J connectivity index is 2.34. The second-order valence-corrected chi connectivity index (χ2v) is 7.36. The van der Waals surface area contributed by atoms with Crippen molar-refractivity contribution in [2.45, 2.75) is 25.4 Å². The third-order valence-corrected chi connectivity index (χ3v) is 5.37. The fourth-order valence-corrected chi connectivity index (χ4v) is 4.34. The van der Waals surface area contributed by atoms with Gasteiger partial charge in [-0.1, -0.05) is 6.07 Å². The SMILES string of the molecule is C[C@H](N)c1c(F)cccc1N(C)C1CCS(=O)(=O)C1. The van der Waals surface area contributed by atoms with Crippen LogP contribution >= 0.6 is 0 Å². The maximum absolute atomic E-state index is 13.9. The van der Waals surface area contributed by atoms with Crippen LogP contribution in [-0.4, -0.2) is 33.0 Å². The van der Waals surface area contributed by atoms with Crippen molar-refractivity contribution in [1.82, 2.24) is 0 Å². The molecule has 0 aromatic heterocycles. The van der Waals surface area contributed by atoms with Gasteiger partial charge in [-0.2, -0.15) is 0 Å². The number of rotatable bonds is 3. The molecule has 0 bridgehead atoms. The molecule has 1 aliphatic heterocycles. The van der Waals surface area contributed by atoms with E-state index in [1.165, 1.54) is 6.07 Å². The van der Waals surface area contributed by atoms with Crippen LogP contribution in [0.3, 0.4) is 0 Å². The summed E-state index contributed by atoms with van der Waals surface area (Å²) < 4.78 is 36.9. The molecule has 0 aliphatic carbocycles. The summed E-state index contributed by atoms with van der Waals surface area (Å²) in [5.41, 5.74) is 6.94. The number of hydrogen-bond acceptors (Lipinski definition) is 4. The Morgan fingerprint density at radius 2 is 2.16 bits per heavy atom. The van der Waals surface area contributed by atoms with E-state index in [4.69, 9.17) is 5.73 Å². The van der Waals surface area contributed by atoms with E-state index in [1.54, 1.807) is 26.1 Å². The highest BCUT2D eigenvalue weighted by atomic mass is 32.2. The maximum atomic E-state index is 13.9. The third-order valence-electron chi connectivity index (χ3n) is 3.62. The average molecular weight is 286 g/mol. The van der Waals surface area contributed by atoms with E-state index in [2.05, 4.69) is 0 Å². The summed E-state index contributed by atoms with van der Waals surface area (Å²) in [7, 11) is -1.16. The summed E-state index contributed by atoms with van der Waals surface area (Å²) in [5, 5.41) is 0. The van der Waals surface area contributed by atoms with Gasteiger partial charge in [0, 0.05) is 30.4 Å². The van der Waals surface area contributed by atoms with E-state index >= 15 is 0 Å². The van der Waals surface area contributed by atoms with Crippen molar-refractivity contribution in [3.8, 4) is 0 Å². The summed E-state index contributed by atoms with van der Waals surface area (Å²) in [4.78, 5) is 1.84. The Morgan fingerprint density at radius 3 is 2.68 bits per heavy atom. The molecule has 106 valence electrons. The van der Waals surface area contributed by atoms with Crippen LogP contribution in [0.2, 0.25) is 0 Å². The minimum Gasteiger partial charge on any atom is -0.370 e. The summed E-state index contributed by atoms with van der Waals surface area (Å²) in [6, 6.07) is 4.24. The van der Waals surface area contributed by atoms with Crippen LogP contribution in [0.4, 0.5) is 10.1 Å². The first-order chi connectivity index (χ1) is 8.82. The number of sulfone groups is 1. The average Bonchev–Trinajstić information content (AvgIpc) is 2.68. The predicted molar refractivity (Wildman–Crippen MR) is 74.5 cm³/mol. The smallest absolute Gasteiger partial charge is 0.152 e. The zero-order valence-corrected chi connectivity index (χ0v) is 12.0. The van der Waals surface area contributed by atoms with Crippen LogP contribution in [0.15, 0.2) is 18.2 Å². The molecule has 1 aromatic carbocycles. The lowest BCUT2D eigenvalue weighted by Gasteiger charge is -2.29. The monoisotopic (exact) mass is 286 g/mol. The van der Waals surface area contributed by atoms with Gasteiger partial charge in [-0.25, -0.2) is 12.8 Å². The van der Waals surface area contributed by atoms with E-state index in [0.29, 0.717) is 17.7 Å². The minimum atomic E-state index is -2.96. The first-order valence-corrected chi connectivity index (χ1v) is 8.11. The first kappa shape index (κ1) is 14.3. The molecule has 4 nitrogen and oxygen atoms in total. The van der Waals surface area contributed by atoms with Crippen LogP contribution < -0.4 is 10.6 Å². The van der Waals surface area contributed by atoms with Crippen LogP contribution in [0.1, 0.15) is 24.9 Å². The van der Waals surface area contributed by atoms with Gasteiger partial charge in [0.05, 0.1) is 11.5 Å². The Kier molecular flexibility index (Phi) is 3.82. The Hall–Kier alpha value is -1.14. The standard InChI is InChI=1S/C13H19FN2O2S/c1-9(15)13-11(14)4-3-5-12(13)16(2)10-6-7-19(17,18)8-10/h3-5,9-10H,6-8,15H2,1-2H3/t9-,10?/m0/s1. The Bertz CT molecular complexity index is 572. The normalized spacial score (nSPS) is 23.3. The molecule has 0 saturated carbocycles. The van der Waals surface area contributed by atoms with E-state index in [1.807, 2.05) is 4.90 Å². The number of hydrogen-bond donors (Lipinski definition) is 1. The predicted octanol–water partition coefficient (Wildman–Crippen LogP) is 1.47. The summed E-state index contributed by atoms with van der Waals surface area (Å²) >= 11 is 0. The second kappa shape index (κ2) is 5.09. The molecule has 1 unspecified atom stereocenters. The molecule has 2 rings (SSSR count). The van der Waals surface area contributed by atoms with Crippen molar-refractivity contribution in [1.29, 1.82) is 0 Å². The molecule has 1 heterocycles. The fourth-order valence-electron chi connectivity index (χ4n) is 2.56. The lowest BCUT2D eigenvalue weighted by Crippen LogP contribution is -2.34. The largest absolute Gasteiger partial charge is 0.370 e. The van der Waals surface area contributed by atoms with Gasteiger partial charge in [-0.3, -0.25) is 0 Å². The highest BCUT2D eigenvalue weighted by Gasteiger charge is 2.32. The van der Waals surface area contributed by atoms with E-state index < -0.39 is 15.9 Å². The molecule has 19 heavy (non-hydrogen) atoms. The van der Waals surface area contributed by atoms with Crippen LogP contribution in [0, 0.1) is 5.82 Å². The van der Waals surface area contributed by atoms with Gasteiger partial charge in [-0.05, 0) is 25.5 Å². The van der Waals surface area contributed by atoms with E-state index in [9.17, 15) is 12.8 Å². The highest BCUT2D eigenvalue weighted by Crippen LogP contribution is 2.30. The van der Waals surface area contributed by atoms with Gasteiger partial charge in [0.15, 0.2) is 9.84 Å². The van der Waals surface area contributed by atoms with Gasteiger partial charge >= 0.3 is 0 Å². The molecule has 1 aromatic rings. The fraction of sp³-hybridized carbons (Fsp3) is 0.538. The van der Waals surface area contributed by atoms with E-state index in [-0.39, 0.29) is 23.4 Å². The maximum Gasteiger partial charge on any atom is 0.152 e. The molecular formula is C13H19FN2O2S. The van der Waals surface area contributed by atoms with Crippen LogP contribution in [-0.2, 0) is 9.84 Å². The van der Waals surface area contributed by atoms with Gasteiger partial charge in [0.2, 0.25) is 0 Å². The van der Waals surface area contributed by atoms with E-state index in [0.717, 1.165) is 0 Å². The zero-order chi connectivity index (χ0) is 14.2. The van der Waals surface area contributed by atoms with Crippen LogP contribution in [0.25, 0.3) is 0 Å². The summed E-state index contributed by atoms with van der Waals surface area (Å²) in [6.07, 6.45) is 0.577. The quantitative estimate of drug-likeness (QED) is 0.914. The Labute approximate surface area is 113 Å². The van der Waals surface area contributed by atoms with Crippen molar-refractivity contribution >= 4 is 15.5 Å². The third kappa shape index (κ3) is 2.90. The minimum absolute atomic E-state index is 0.107. The number of halogens is 1. The van der Waals surface area contributed by atoms with Crippen molar-refractivity contribution in [3.63, 3.8) is 0 Å². The van der Waals surface area contributed by atoms with Crippen molar-refractivity contribution in [3.05, 3.63) is 29.6 Å². The van der Waals surface area contributed by atoms with Gasteiger partial charge in [0.1, 0.15) is 5.82 Å². The molecule has 0 radical (unpaired) electrons. The Morgan fingerprint density at radius 1 is 1.47 bits per heavy atom. The summed E-state index contributed by atoms with van der Waals surface area (Å²) in [5.74, 6) is -0.0244. The summed E-state index contributed by atoms with van der Waals surface area (Å²) in [6.45, 7) is 1.72. The molecule has 1 saturated heterocycles. The number of nitrogens with zero attached hydrogens (tertiary/aromatic N) is 1. The topological polar surface area (TPSA) is 63.4 Å². The van der Waals surface area contributed by atoms with Crippen LogP contribution in [0.5, 0.6) is 0 Å². The van der Waals surface area contributed by atoms with Crippen molar-refractivity contribution in [2.75, 3.05) is 23.5 Å². The lowest BCUT2D eigenvalue weighted by atomic mass is 10.0. The first-order valence-electron chi connectivity index (χ1n) is 6.29. The molecule has 0 spiro atoms. The number of anilines is 1. The van der Waals surface area contributed by atoms with Crippen molar-refractivity contribution in [2.24, 2.45) is 5.73 Å². The lowest BCUT2D eigenvalue weighted by molar-refractivity contribution is 0.588. The highest BCUT2D eigenvalue weighted by molar-refractivity contribution is 7.91. The van der Waals surface area contributed by atoms with Crippen molar-refractivity contribution < 1.29 is 12.8 Å². The molecular weight excluding hydrogens is 267 g/mol. The van der Waals surface area contributed by atoms with Gasteiger partial charge < -0.3 is 10.6 Å². The molecule has 1 aliphatic rings. The number of nitrogens with two attached hydrogens (primary N) is 1. The number of benzene rings is 1. The molecule has 2 N–H and O–H groups in total. The molecule has 1 fully saturated rings. The second-order valence-electron chi connectivity index (χ2n) is 5.13. The molecule has 0 amide bonds.